The Kier molecular flexibility index (Phi) is 7.02. The van der Waals surface area contributed by atoms with Crippen molar-refractivity contribution in [2.24, 2.45) is 0 Å². The molecule has 4 nitrogen and oxygen atoms in total. The third-order valence-electron chi connectivity index (χ3n) is 4.38. The molecule has 0 saturated carbocycles. The maximum absolute atomic E-state index is 12.2. The summed E-state index contributed by atoms with van der Waals surface area (Å²) in [6, 6.07) is 16.0. The van der Waals surface area contributed by atoms with Gasteiger partial charge in [0.05, 0.1) is 13.7 Å². The third-order valence-corrected chi connectivity index (χ3v) is 4.38. The van der Waals surface area contributed by atoms with Gasteiger partial charge in [0.2, 0.25) is 5.91 Å². The van der Waals surface area contributed by atoms with Crippen molar-refractivity contribution in [2.45, 2.75) is 32.7 Å². The highest BCUT2D eigenvalue weighted by molar-refractivity contribution is 5.92. The molecular weight excluding hydrogens is 312 g/mol. The summed E-state index contributed by atoms with van der Waals surface area (Å²) in [6.45, 7) is 5.42. The van der Waals surface area contributed by atoms with Crippen LogP contribution >= 0.6 is 0 Å². The topological polar surface area (TPSA) is 41.6 Å². The quantitative estimate of drug-likeness (QED) is 0.780. The van der Waals surface area contributed by atoms with E-state index in [1.807, 2.05) is 48.3 Å². The first-order valence-electron chi connectivity index (χ1n) is 8.73. The molecule has 0 radical (unpaired) electrons. The van der Waals surface area contributed by atoms with Crippen LogP contribution < -0.4 is 10.1 Å². The molecule has 134 valence electrons. The molecule has 0 aliphatic heterocycles. The van der Waals surface area contributed by atoms with Gasteiger partial charge in [-0.1, -0.05) is 38.1 Å². The zero-order valence-corrected chi connectivity index (χ0v) is 15.6. The van der Waals surface area contributed by atoms with E-state index in [2.05, 4.69) is 31.3 Å². The van der Waals surface area contributed by atoms with Crippen molar-refractivity contribution in [2.75, 3.05) is 26.0 Å². The normalized spacial score (nSPS) is 12.0. The van der Waals surface area contributed by atoms with E-state index in [1.165, 1.54) is 5.56 Å². The number of rotatable bonds is 8. The summed E-state index contributed by atoms with van der Waals surface area (Å²) in [4.78, 5) is 14.2. The fourth-order valence-electron chi connectivity index (χ4n) is 2.71. The summed E-state index contributed by atoms with van der Waals surface area (Å²) in [5.41, 5.74) is 3.26. The van der Waals surface area contributed by atoms with Crippen LogP contribution in [0, 0.1) is 0 Å². The second-order valence-electron chi connectivity index (χ2n) is 6.50. The van der Waals surface area contributed by atoms with E-state index in [-0.39, 0.29) is 5.91 Å². The maximum Gasteiger partial charge on any atom is 0.238 e. The second kappa shape index (κ2) is 9.23. The van der Waals surface area contributed by atoms with Crippen LogP contribution in [-0.4, -0.2) is 31.5 Å². The van der Waals surface area contributed by atoms with E-state index < -0.39 is 0 Å². The molecule has 1 N–H and O–H groups in total. The van der Waals surface area contributed by atoms with Crippen molar-refractivity contribution in [1.82, 2.24) is 4.90 Å². The minimum atomic E-state index is -0.0123. The van der Waals surface area contributed by atoms with Crippen molar-refractivity contribution in [3.8, 4) is 5.75 Å². The van der Waals surface area contributed by atoms with Gasteiger partial charge in [0.1, 0.15) is 5.75 Å². The van der Waals surface area contributed by atoms with Gasteiger partial charge in [0, 0.05) is 12.2 Å². The molecular formula is C21H28N2O2. The van der Waals surface area contributed by atoms with Crippen molar-refractivity contribution in [3.05, 3.63) is 59.7 Å². The smallest absolute Gasteiger partial charge is 0.238 e. The Labute approximate surface area is 150 Å². The molecule has 2 rings (SSSR count). The Hall–Kier alpha value is -2.33. The fourth-order valence-corrected chi connectivity index (χ4v) is 2.71. The van der Waals surface area contributed by atoms with Crippen LogP contribution in [0.1, 0.15) is 37.3 Å². The van der Waals surface area contributed by atoms with Crippen LogP contribution in [0.3, 0.4) is 0 Å². The molecule has 2 aromatic carbocycles. The summed E-state index contributed by atoms with van der Waals surface area (Å²) in [7, 11) is 3.59. The standard InChI is InChI=1S/C21H28N2O2/c1-5-16(2)18-9-11-19(12-10-18)22-21(24)15-23(3)14-17-7-6-8-20(13-17)25-4/h6-13,16H,5,14-15H2,1-4H3,(H,22,24). The average Bonchev–Trinajstić information content (AvgIpc) is 2.61. The minimum Gasteiger partial charge on any atom is -0.497 e. The number of anilines is 1. The number of benzene rings is 2. The summed E-state index contributed by atoms with van der Waals surface area (Å²) in [5.74, 6) is 1.36. The largest absolute Gasteiger partial charge is 0.497 e. The van der Waals surface area contributed by atoms with E-state index in [4.69, 9.17) is 4.74 Å². The number of hydrogen-bond donors (Lipinski definition) is 1. The predicted molar refractivity (Wildman–Crippen MR) is 103 cm³/mol. The zero-order valence-electron chi connectivity index (χ0n) is 15.6. The van der Waals surface area contributed by atoms with E-state index in [9.17, 15) is 4.79 Å². The molecule has 0 aliphatic rings. The van der Waals surface area contributed by atoms with Crippen LogP contribution in [0.25, 0.3) is 0 Å². The van der Waals surface area contributed by atoms with Crippen LogP contribution in [0.15, 0.2) is 48.5 Å². The Bertz CT molecular complexity index is 683. The lowest BCUT2D eigenvalue weighted by molar-refractivity contribution is -0.117. The molecule has 1 atom stereocenters. The molecule has 1 unspecified atom stereocenters. The lowest BCUT2D eigenvalue weighted by Crippen LogP contribution is -2.29. The highest BCUT2D eigenvalue weighted by atomic mass is 16.5. The van der Waals surface area contributed by atoms with Gasteiger partial charge < -0.3 is 10.1 Å². The van der Waals surface area contributed by atoms with Gasteiger partial charge in [0.25, 0.3) is 0 Å². The minimum absolute atomic E-state index is 0.0123. The fraction of sp³-hybridized carbons (Fsp3) is 0.381. The van der Waals surface area contributed by atoms with Crippen molar-refractivity contribution >= 4 is 11.6 Å². The van der Waals surface area contributed by atoms with Gasteiger partial charge in [-0.2, -0.15) is 0 Å². The first-order valence-corrected chi connectivity index (χ1v) is 8.73. The monoisotopic (exact) mass is 340 g/mol. The van der Waals surface area contributed by atoms with Crippen molar-refractivity contribution in [1.29, 1.82) is 0 Å². The van der Waals surface area contributed by atoms with Gasteiger partial charge >= 0.3 is 0 Å². The van der Waals surface area contributed by atoms with Crippen LogP contribution in [0.2, 0.25) is 0 Å². The van der Waals surface area contributed by atoms with E-state index >= 15 is 0 Å². The van der Waals surface area contributed by atoms with E-state index in [1.54, 1.807) is 7.11 Å². The number of ether oxygens (including phenoxy) is 1. The molecule has 0 heterocycles. The van der Waals surface area contributed by atoms with Crippen molar-refractivity contribution < 1.29 is 9.53 Å². The first-order chi connectivity index (χ1) is 12.0. The number of nitrogens with zero attached hydrogens (tertiary/aromatic N) is 1. The number of methoxy groups -OCH3 is 1. The Balaban J connectivity index is 1.86. The first kappa shape index (κ1) is 19.0. The zero-order chi connectivity index (χ0) is 18.2. The lowest BCUT2D eigenvalue weighted by atomic mass is 9.99. The number of carbonyl (C=O) groups is 1. The Morgan fingerprint density at radius 2 is 1.92 bits per heavy atom. The van der Waals surface area contributed by atoms with E-state index in [0.29, 0.717) is 19.0 Å². The Morgan fingerprint density at radius 1 is 1.20 bits per heavy atom. The van der Waals surface area contributed by atoms with Gasteiger partial charge in [-0.05, 0) is 54.8 Å². The summed E-state index contributed by atoms with van der Waals surface area (Å²) < 4.78 is 5.23. The second-order valence-corrected chi connectivity index (χ2v) is 6.50. The van der Waals surface area contributed by atoms with Gasteiger partial charge in [0.15, 0.2) is 0 Å². The Morgan fingerprint density at radius 3 is 2.56 bits per heavy atom. The SMILES string of the molecule is CCC(C)c1ccc(NC(=O)CN(C)Cc2cccc(OC)c2)cc1. The number of nitrogens with one attached hydrogen (secondary N) is 1. The molecule has 0 saturated heterocycles. The number of hydrogen-bond acceptors (Lipinski definition) is 3. The lowest BCUT2D eigenvalue weighted by Gasteiger charge is -2.17. The molecule has 1 amide bonds. The molecule has 0 bridgehead atoms. The summed E-state index contributed by atoms with van der Waals surface area (Å²) in [5, 5.41) is 2.96. The van der Waals surface area contributed by atoms with Gasteiger partial charge in [-0.3, -0.25) is 9.69 Å². The molecule has 2 aromatic rings. The van der Waals surface area contributed by atoms with E-state index in [0.717, 1.165) is 23.4 Å². The van der Waals surface area contributed by atoms with Crippen LogP contribution in [0.5, 0.6) is 5.75 Å². The van der Waals surface area contributed by atoms with Crippen LogP contribution in [-0.2, 0) is 11.3 Å². The molecule has 0 fully saturated rings. The molecule has 4 heteroatoms. The maximum atomic E-state index is 12.2. The molecule has 0 spiro atoms. The van der Waals surface area contributed by atoms with Gasteiger partial charge in [-0.25, -0.2) is 0 Å². The average molecular weight is 340 g/mol. The highest BCUT2D eigenvalue weighted by Gasteiger charge is 2.09. The molecule has 25 heavy (non-hydrogen) atoms. The number of amides is 1. The van der Waals surface area contributed by atoms with Crippen molar-refractivity contribution in [3.63, 3.8) is 0 Å². The number of likely N-dealkylation sites (N-methyl/N-ethyl adjacent to an activating group) is 1. The summed E-state index contributed by atoms with van der Waals surface area (Å²) >= 11 is 0. The highest BCUT2D eigenvalue weighted by Crippen LogP contribution is 2.20. The van der Waals surface area contributed by atoms with Gasteiger partial charge in [-0.15, -0.1) is 0 Å². The summed E-state index contributed by atoms with van der Waals surface area (Å²) in [6.07, 6.45) is 1.11. The predicted octanol–water partition coefficient (Wildman–Crippen LogP) is 4.28. The third kappa shape index (κ3) is 5.91. The molecule has 0 aromatic heterocycles. The molecule has 0 aliphatic carbocycles. The number of carbonyl (C=O) groups excluding carboxylic acids is 1. The van der Waals surface area contributed by atoms with Crippen LogP contribution in [0.4, 0.5) is 5.69 Å².